The summed E-state index contributed by atoms with van der Waals surface area (Å²) in [5.74, 6) is 0. The third-order valence-corrected chi connectivity index (χ3v) is 2.09. The van der Waals surface area contributed by atoms with Crippen molar-refractivity contribution in [3.63, 3.8) is 0 Å². The summed E-state index contributed by atoms with van der Waals surface area (Å²) in [4.78, 5) is 0. The molecule has 3 heteroatoms. The minimum Gasteiger partial charge on any atom is -0.391 e. The van der Waals surface area contributed by atoms with Crippen LogP contribution in [-0.4, -0.2) is 30.5 Å². The predicted octanol–water partition coefficient (Wildman–Crippen LogP) is 1.99. The third kappa shape index (κ3) is 5.85. The summed E-state index contributed by atoms with van der Waals surface area (Å²) < 4.78 is 10.9. The maximum absolute atomic E-state index is 9.04. The third-order valence-electron chi connectivity index (χ3n) is 2.09. The number of hydrogen-bond acceptors (Lipinski definition) is 3. The lowest BCUT2D eigenvalue weighted by atomic mass is 10.2. The second-order valence-electron chi connectivity index (χ2n) is 3.99. The Hall–Kier alpha value is -0.900. The van der Waals surface area contributed by atoms with Crippen molar-refractivity contribution in [2.24, 2.45) is 0 Å². The number of ether oxygens (including phenoxy) is 2. The first-order valence-corrected chi connectivity index (χ1v) is 5.60. The zero-order chi connectivity index (χ0) is 11.8. The number of hydrogen-bond donors (Lipinski definition) is 1. The van der Waals surface area contributed by atoms with Crippen molar-refractivity contribution in [1.82, 2.24) is 0 Å². The highest BCUT2D eigenvalue weighted by Crippen LogP contribution is 2.02. The Balaban J connectivity index is 2.11. The Kier molecular flexibility index (Phi) is 6.08. The molecule has 16 heavy (non-hydrogen) atoms. The molecular formula is C13H20O3. The van der Waals surface area contributed by atoms with Crippen LogP contribution >= 0.6 is 0 Å². The number of aliphatic hydroxyl groups excluding tert-OH is 1. The first-order valence-electron chi connectivity index (χ1n) is 5.60. The maximum Gasteiger partial charge on any atom is 0.0781 e. The average Bonchev–Trinajstić information content (AvgIpc) is 2.28. The summed E-state index contributed by atoms with van der Waals surface area (Å²) in [7, 11) is 0. The predicted molar refractivity (Wildman–Crippen MR) is 63.2 cm³/mol. The van der Waals surface area contributed by atoms with E-state index in [1.165, 1.54) is 0 Å². The minimum absolute atomic E-state index is 0.0123. The van der Waals surface area contributed by atoms with Crippen molar-refractivity contribution in [1.29, 1.82) is 0 Å². The van der Waals surface area contributed by atoms with E-state index in [9.17, 15) is 0 Å². The van der Waals surface area contributed by atoms with Gasteiger partial charge < -0.3 is 14.6 Å². The van der Waals surface area contributed by atoms with Crippen LogP contribution in [0, 0.1) is 0 Å². The van der Waals surface area contributed by atoms with Gasteiger partial charge in [0.05, 0.1) is 32.0 Å². The van der Waals surface area contributed by atoms with Crippen LogP contribution in [-0.2, 0) is 16.1 Å². The Morgan fingerprint density at radius 3 is 2.44 bits per heavy atom. The number of aliphatic hydroxyl groups is 1. The molecule has 0 aliphatic heterocycles. The molecule has 0 spiro atoms. The van der Waals surface area contributed by atoms with Crippen LogP contribution in [0.5, 0.6) is 0 Å². The number of benzene rings is 1. The molecule has 0 saturated heterocycles. The van der Waals surface area contributed by atoms with Crippen LogP contribution in [0.3, 0.4) is 0 Å². The molecule has 0 saturated carbocycles. The molecular weight excluding hydrogens is 204 g/mol. The lowest BCUT2D eigenvalue weighted by Gasteiger charge is -2.14. The van der Waals surface area contributed by atoms with E-state index in [0.717, 1.165) is 5.56 Å². The fourth-order valence-electron chi connectivity index (χ4n) is 1.27. The van der Waals surface area contributed by atoms with Crippen molar-refractivity contribution >= 4 is 0 Å². The van der Waals surface area contributed by atoms with Gasteiger partial charge >= 0.3 is 0 Å². The molecule has 0 radical (unpaired) electrons. The first kappa shape index (κ1) is 13.2. The molecule has 1 rings (SSSR count). The molecule has 0 amide bonds. The van der Waals surface area contributed by atoms with Gasteiger partial charge in [-0.25, -0.2) is 0 Å². The van der Waals surface area contributed by atoms with E-state index in [-0.39, 0.29) is 6.10 Å². The normalized spacial score (nSPS) is 14.7. The second kappa shape index (κ2) is 7.39. The van der Waals surface area contributed by atoms with Gasteiger partial charge in [-0.3, -0.25) is 0 Å². The van der Waals surface area contributed by atoms with Gasteiger partial charge in [-0.05, 0) is 19.4 Å². The van der Waals surface area contributed by atoms with Gasteiger partial charge in [-0.15, -0.1) is 0 Å². The molecule has 0 fully saturated rings. The molecule has 1 N–H and O–H groups in total. The van der Waals surface area contributed by atoms with Gasteiger partial charge in [0.25, 0.3) is 0 Å². The van der Waals surface area contributed by atoms with Crippen molar-refractivity contribution < 1.29 is 14.6 Å². The van der Waals surface area contributed by atoms with Crippen LogP contribution in [0.4, 0.5) is 0 Å². The van der Waals surface area contributed by atoms with E-state index in [1.807, 2.05) is 37.3 Å². The van der Waals surface area contributed by atoms with Crippen LogP contribution in [0.25, 0.3) is 0 Å². The second-order valence-corrected chi connectivity index (χ2v) is 3.99. The van der Waals surface area contributed by atoms with Gasteiger partial charge in [0.15, 0.2) is 0 Å². The van der Waals surface area contributed by atoms with Crippen molar-refractivity contribution in [3.05, 3.63) is 35.9 Å². The van der Waals surface area contributed by atoms with Gasteiger partial charge in [0.1, 0.15) is 0 Å². The highest BCUT2D eigenvalue weighted by molar-refractivity contribution is 5.13. The Morgan fingerprint density at radius 1 is 1.12 bits per heavy atom. The molecule has 0 unspecified atom stereocenters. The largest absolute Gasteiger partial charge is 0.391 e. The molecule has 0 aliphatic rings. The molecule has 3 nitrogen and oxygen atoms in total. The molecule has 90 valence electrons. The van der Waals surface area contributed by atoms with Crippen LogP contribution in [0.1, 0.15) is 19.4 Å². The van der Waals surface area contributed by atoms with Crippen LogP contribution in [0.2, 0.25) is 0 Å². The Bertz CT molecular complexity index is 272. The summed E-state index contributed by atoms with van der Waals surface area (Å²) in [5, 5.41) is 9.04. The quantitative estimate of drug-likeness (QED) is 0.769. The van der Waals surface area contributed by atoms with Crippen LogP contribution < -0.4 is 0 Å². The molecule has 2 atom stereocenters. The fourth-order valence-corrected chi connectivity index (χ4v) is 1.27. The van der Waals surface area contributed by atoms with Crippen molar-refractivity contribution in [2.45, 2.75) is 32.7 Å². The molecule has 0 aliphatic carbocycles. The lowest BCUT2D eigenvalue weighted by molar-refractivity contribution is -0.0400. The summed E-state index contributed by atoms with van der Waals surface area (Å²) in [6.45, 7) is 5.14. The Morgan fingerprint density at radius 2 is 1.81 bits per heavy atom. The Labute approximate surface area is 97.0 Å². The topological polar surface area (TPSA) is 38.7 Å². The summed E-state index contributed by atoms with van der Waals surface area (Å²) in [5.41, 5.74) is 1.16. The van der Waals surface area contributed by atoms with E-state index >= 15 is 0 Å². The average molecular weight is 224 g/mol. The number of rotatable bonds is 7. The summed E-state index contributed by atoms with van der Waals surface area (Å²) >= 11 is 0. The van der Waals surface area contributed by atoms with Gasteiger partial charge in [0.2, 0.25) is 0 Å². The van der Waals surface area contributed by atoms with E-state index < -0.39 is 6.10 Å². The van der Waals surface area contributed by atoms with E-state index in [0.29, 0.717) is 19.8 Å². The molecule has 0 bridgehead atoms. The molecule has 0 aromatic heterocycles. The smallest absolute Gasteiger partial charge is 0.0781 e. The van der Waals surface area contributed by atoms with Gasteiger partial charge in [-0.2, -0.15) is 0 Å². The lowest BCUT2D eigenvalue weighted by Crippen LogP contribution is -2.21. The summed E-state index contributed by atoms with van der Waals surface area (Å²) in [6.07, 6.45) is -0.408. The van der Waals surface area contributed by atoms with Crippen molar-refractivity contribution in [2.75, 3.05) is 13.2 Å². The standard InChI is InChI=1S/C13H20O3/c1-11(14)8-16-12(2)9-15-10-13-6-4-3-5-7-13/h3-7,11-12,14H,8-10H2,1-2H3/t11-,12-/m0/s1. The maximum atomic E-state index is 9.04. The van der Waals surface area contributed by atoms with E-state index in [2.05, 4.69) is 0 Å². The zero-order valence-corrected chi connectivity index (χ0v) is 9.93. The van der Waals surface area contributed by atoms with Crippen LogP contribution in [0.15, 0.2) is 30.3 Å². The molecule has 1 aromatic rings. The SMILES string of the molecule is C[C@H](O)CO[C@@H](C)COCc1ccccc1. The van der Waals surface area contributed by atoms with Gasteiger partial charge in [0, 0.05) is 0 Å². The van der Waals surface area contributed by atoms with E-state index in [1.54, 1.807) is 6.92 Å². The highest BCUT2D eigenvalue weighted by Gasteiger charge is 2.04. The molecule has 0 heterocycles. The highest BCUT2D eigenvalue weighted by atomic mass is 16.5. The fraction of sp³-hybridized carbons (Fsp3) is 0.538. The van der Waals surface area contributed by atoms with Gasteiger partial charge in [-0.1, -0.05) is 30.3 Å². The van der Waals surface area contributed by atoms with E-state index in [4.69, 9.17) is 14.6 Å². The summed E-state index contributed by atoms with van der Waals surface area (Å²) in [6, 6.07) is 10.0. The monoisotopic (exact) mass is 224 g/mol. The van der Waals surface area contributed by atoms with Crippen molar-refractivity contribution in [3.8, 4) is 0 Å². The first-order chi connectivity index (χ1) is 7.68. The molecule has 1 aromatic carbocycles. The zero-order valence-electron chi connectivity index (χ0n) is 9.93. The minimum atomic E-state index is -0.420.